The number of benzene rings is 1. The molecule has 0 bridgehead atoms. The number of hydrogen-bond donors (Lipinski definition) is 2. The van der Waals surface area contributed by atoms with Gasteiger partial charge >= 0.3 is 0 Å². The van der Waals surface area contributed by atoms with E-state index in [1.807, 2.05) is 42.7 Å². The number of hydrogen-bond acceptors (Lipinski definition) is 4. The second-order valence-corrected chi connectivity index (χ2v) is 6.43. The molecule has 132 valence electrons. The highest BCUT2D eigenvalue weighted by Crippen LogP contribution is 2.28. The van der Waals surface area contributed by atoms with Crippen molar-refractivity contribution in [2.45, 2.75) is 52.6 Å². The lowest BCUT2D eigenvalue weighted by atomic mass is 10.2. The Balaban J connectivity index is 2.21. The summed E-state index contributed by atoms with van der Waals surface area (Å²) < 4.78 is 1.92. The normalized spacial score (nSPS) is 12.6. The maximum atomic E-state index is 12.8. The van der Waals surface area contributed by atoms with E-state index in [0.29, 0.717) is 22.5 Å². The van der Waals surface area contributed by atoms with Crippen LogP contribution in [0.4, 0.5) is 5.82 Å². The lowest BCUT2D eigenvalue weighted by Gasteiger charge is -2.11. The summed E-state index contributed by atoms with van der Waals surface area (Å²) in [6, 6.07) is 7.75. The average Bonchev–Trinajstić information content (AvgIpc) is 2.88. The molecule has 3 aromatic rings. The third-order valence-corrected chi connectivity index (χ3v) is 4.54. The number of aromatic nitrogens is 3. The van der Waals surface area contributed by atoms with Crippen molar-refractivity contribution in [1.82, 2.24) is 19.9 Å². The van der Waals surface area contributed by atoms with Gasteiger partial charge in [-0.25, -0.2) is 9.97 Å². The molecule has 0 saturated carbocycles. The van der Waals surface area contributed by atoms with Crippen molar-refractivity contribution in [2.75, 3.05) is 5.73 Å². The molecule has 0 radical (unpaired) electrons. The van der Waals surface area contributed by atoms with Gasteiger partial charge in [0.15, 0.2) is 5.65 Å². The fourth-order valence-electron chi connectivity index (χ4n) is 2.88. The molecule has 2 aromatic heterocycles. The summed E-state index contributed by atoms with van der Waals surface area (Å²) in [4.78, 5) is 22.2. The standard InChI is InChI=1S/C19H25N5O/c1-4-6-11-24-17(20)15(19(25)21-12(3)5-2)16-18(24)23-14-10-8-7-9-13(14)22-16/h7-10,12H,4-6,11,20H2,1-3H3,(H,21,25)/t12-/m0/s1. The van der Waals surface area contributed by atoms with Crippen LogP contribution in [0.5, 0.6) is 0 Å². The van der Waals surface area contributed by atoms with Gasteiger partial charge in [-0.2, -0.15) is 0 Å². The quantitative estimate of drug-likeness (QED) is 0.720. The van der Waals surface area contributed by atoms with Gasteiger partial charge in [-0.05, 0) is 31.9 Å². The molecule has 0 aliphatic carbocycles. The van der Waals surface area contributed by atoms with Gasteiger partial charge in [-0.3, -0.25) is 4.79 Å². The predicted molar refractivity (Wildman–Crippen MR) is 102 cm³/mol. The van der Waals surface area contributed by atoms with E-state index in [1.54, 1.807) is 0 Å². The molecular weight excluding hydrogens is 314 g/mol. The Morgan fingerprint density at radius 1 is 1.24 bits per heavy atom. The average molecular weight is 339 g/mol. The Morgan fingerprint density at radius 2 is 1.92 bits per heavy atom. The molecule has 3 N–H and O–H groups in total. The summed E-state index contributed by atoms with van der Waals surface area (Å²) in [6.45, 7) is 6.86. The summed E-state index contributed by atoms with van der Waals surface area (Å²) in [6.07, 6.45) is 2.86. The molecule has 6 nitrogen and oxygen atoms in total. The maximum Gasteiger partial charge on any atom is 0.257 e. The Labute approximate surface area is 147 Å². The molecule has 0 spiro atoms. The van der Waals surface area contributed by atoms with Crippen molar-refractivity contribution in [3.05, 3.63) is 29.8 Å². The molecule has 0 unspecified atom stereocenters. The van der Waals surface area contributed by atoms with E-state index in [4.69, 9.17) is 15.7 Å². The largest absolute Gasteiger partial charge is 0.384 e. The monoisotopic (exact) mass is 339 g/mol. The van der Waals surface area contributed by atoms with Gasteiger partial charge in [-0.15, -0.1) is 0 Å². The number of carbonyl (C=O) groups excluding carboxylic acids is 1. The molecule has 1 amide bonds. The number of nitrogens with zero attached hydrogens (tertiary/aromatic N) is 3. The summed E-state index contributed by atoms with van der Waals surface area (Å²) in [7, 11) is 0. The summed E-state index contributed by atoms with van der Waals surface area (Å²) >= 11 is 0. The highest BCUT2D eigenvalue weighted by atomic mass is 16.1. The first-order valence-corrected chi connectivity index (χ1v) is 8.92. The summed E-state index contributed by atoms with van der Waals surface area (Å²) in [5.74, 6) is 0.260. The molecule has 0 fully saturated rings. The van der Waals surface area contributed by atoms with Gasteiger partial charge in [0.05, 0.1) is 11.0 Å². The second-order valence-electron chi connectivity index (χ2n) is 6.43. The van der Waals surface area contributed by atoms with Crippen molar-refractivity contribution >= 4 is 33.9 Å². The molecule has 25 heavy (non-hydrogen) atoms. The van der Waals surface area contributed by atoms with Crippen LogP contribution >= 0.6 is 0 Å². The molecule has 1 atom stereocenters. The Bertz CT molecular complexity index is 915. The molecule has 3 rings (SSSR count). The summed E-state index contributed by atoms with van der Waals surface area (Å²) in [5, 5.41) is 3.00. The topological polar surface area (TPSA) is 85.8 Å². The highest BCUT2D eigenvalue weighted by molar-refractivity contribution is 6.10. The van der Waals surface area contributed by atoms with E-state index in [9.17, 15) is 4.79 Å². The van der Waals surface area contributed by atoms with E-state index >= 15 is 0 Å². The number of para-hydroxylation sites is 2. The lowest BCUT2D eigenvalue weighted by molar-refractivity contribution is 0.0941. The van der Waals surface area contributed by atoms with Gasteiger partial charge in [0.1, 0.15) is 16.9 Å². The molecule has 0 aliphatic rings. The Morgan fingerprint density at radius 3 is 2.56 bits per heavy atom. The lowest BCUT2D eigenvalue weighted by Crippen LogP contribution is -2.32. The minimum Gasteiger partial charge on any atom is -0.384 e. The first kappa shape index (κ1) is 17.2. The van der Waals surface area contributed by atoms with Crippen molar-refractivity contribution in [3.8, 4) is 0 Å². The molecule has 6 heteroatoms. The predicted octanol–water partition coefficient (Wildman–Crippen LogP) is 3.50. The van der Waals surface area contributed by atoms with E-state index in [2.05, 4.69) is 12.2 Å². The van der Waals surface area contributed by atoms with Crippen LogP contribution in [-0.2, 0) is 6.54 Å². The van der Waals surface area contributed by atoms with Crippen molar-refractivity contribution in [2.24, 2.45) is 0 Å². The van der Waals surface area contributed by atoms with Crippen molar-refractivity contribution in [1.29, 1.82) is 0 Å². The number of amides is 1. The van der Waals surface area contributed by atoms with Crippen LogP contribution in [0.25, 0.3) is 22.2 Å². The van der Waals surface area contributed by atoms with Crippen LogP contribution in [-0.4, -0.2) is 26.5 Å². The number of fused-ring (bicyclic) bond motifs is 2. The zero-order valence-electron chi connectivity index (χ0n) is 15.0. The van der Waals surface area contributed by atoms with Gasteiger partial charge < -0.3 is 15.6 Å². The van der Waals surface area contributed by atoms with Crippen LogP contribution < -0.4 is 11.1 Å². The van der Waals surface area contributed by atoms with Crippen LogP contribution in [0.1, 0.15) is 50.4 Å². The number of rotatable bonds is 6. The smallest absolute Gasteiger partial charge is 0.257 e. The minimum absolute atomic E-state index is 0.0781. The van der Waals surface area contributed by atoms with E-state index in [-0.39, 0.29) is 11.9 Å². The van der Waals surface area contributed by atoms with Crippen molar-refractivity contribution < 1.29 is 4.79 Å². The Hall–Kier alpha value is -2.63. The van der Waals surface area contributed by atoms with Gasteiger partial charge in [-0.1, -0.05) is 32.4 Å². The van der Waals surface area contributed by atoms with Crippen LogP contribution in [0.3, 0.4) is 0 Å². The maximum absolute atomic E-state index is 12.8. The SMILES string of the molecule is CCCCn1c(N)c(C(=O)N[C@@H](C)CC)c2nc3ccccc3nc21. The van der Waals surface area contributed by atoms with Crippen LogP contribution in [0, 0.1) is 0 Å². The highest BCUT2D eigenvalue weighted by Gasteiger charge is 2.24. The fourth-order valence-corrected chi connectivity index (χ4v) is 2.88. The third kappa shape index (κ3) is 3.16. The van der Waals surface area contributed by atoms with Gasteiger partial charge in [0, 0.05) is 12.6 Å². The first-order chi connectivity index (χ1) is 12.1. The molecule has 0 aliphatic heterocycles. The molecule has 0 saturated heterocycles. The molecule has 2 heterocycles. The number of unbranched alkanes of at least 4 members (excludes halogenated alkanes) is 1. The van der Waals surface area contributed by atoms with Crippen LogP contribution in [0.2, 0.25) is 0 Å². The number of nitrogens with two attached hydrogens (primary N) is 1. The zero-order valence-corrected chi connectivity index (χ0v) is 15.0. The first-order valence-electron chi connectivity index (χ1n) is 8.92. The van der Waals surface area contributed by atoms with E-state index in [0.717, 1.165) is 36.8 Å². The zero-order chi connectivity index (χ0) is 18.0. The number of anilines is 1. The summed E-state index contributed by atoms with van der Waals surface area (Å²) in [5.41, 5.74) is 9.62. The number of carbonyl (C=O) groups is 1. The molecular formula is C19H25N5O. The van der Waals surface area contributed by atoms with Gasteiger partial charge in [0.2, 0.25) is 0 Å². The second kappa shape index (κ2) is 7.09. The number of nitrogen functional groups attached to an aromatic ring is 1. The van der Waals surface area contributed by atoms with Crippen LogP contribution in [0.15, 0.2) is 24.3 Å². The van der Waals surface area contributed by atoms with Gasteiger partial charge in [0.25, 0.3) is 5.91 Å². The fraction of sp³-hybridized carbons (Fsp3) is 0.421. The van der Waals surface area contributed by atoms with E-state index < -0.39 is 0 Å². The molecule has 1 aromatic carbocycles. The van der Waals surface area contributed by atoms with E-state index in [1.165, 1.54) is 0 Å². The minimum atomic E-state index is -0.184. The third-order valence-electron chi connectivity index (χ3n) is 4.54. The number of aryl methyl sites for hydroxylation is 1. The van der Waals surface area contributed by atoms with Crippen molar-refractivity contribution in [3.63, 3.8) is 0 Å². The number of nitrogens with one attached hydrogen (secondary N) is 1. The Kier molecular flexibility index (Phi) is 4.88.